The van der Waals surface area contributed by atoms with Gasteiger partial charge in [-0.3, -0.25) is 5.32 Å². The van der Waals surface area contributed by atoms with Crippen LogP contribution >= 0.6 is 0 Å². The van der Waals surface area contributed by atoms with Gasteiger partial charge in [-0.1, -0.05) is 11.2 Å². The van der Waals surface area contributed by atoms with Crippen LogP contribution in [0.4, 0.5) is 19.4 Å². The van der Waals surface area contributed by atoms with Gasteiger partial charge < -0.3 is 9.42 Å². The molecule has 1 aromatic carbocycles. The van der Waals surface area contributed by atoms with Gasteiger partial charge in [-0.2, -0.15) is 0 Å². The lowest BCUT2D eigenvalue weighted by atomic mass is 9.90. The number of carbonyl (C=O) groups is 1. The average Bonchev–Trinajstić information content (AvgIpc) is 2.93. The molecule has 1 aliphatic rings. The molecule has 140 valence electrons. The number of piperidine rings is 1. The minimum atomic E-state index is -0.553. The minimum absolute atomic E-state index is 0.176. The van der Waals surface area contributed by atoms with E-state index in [1.807, 2.05) is 6.92 Å². The summed E-state index contributed by atoms with van der Waals surface area (Å²) < 4.78 is 31.7. The van der Waals surface area contributed by atoms with Crippen molar-refractivity contribution < 1.29 is 18.1 Å². The van der Waals surface area contributed by atoms with Gasteiger partial charge in [-0.25, -0.2) is 13.6 Å². The van der Waals surface area contributed by atoms with E-state index in [0.717, 1.165) is 30.9 Å². The molecule has 2 heterocycles. The molecule has 3 rings (SSSR count). The van der Waals surface area contributed by atoms with Crippen LogP contribution in [-0.2, 0) is 6.42 Å². The van der Waals surface area contributed by atoms with Crippen LogP contribution in [0.15, 0.2) is 22.7 Å². The first-order chi connectivity index (χ1) is 12.4. The van der Waals surface area contributed by atoms with Gasteiger partial charge in [-0.05, 0) is 57.1 Å². The Morgan fingerprint density at radius 2 is 2.04 bits per heavy atom. The molecule has 26 heavy (non-hydrogen) atoms. The first kappa shape index (κ1) is 18.4. The Hall–Kier alpha value is -2.44. The van der Waals surface area contributed by atoms with Crippen molar-refractivity contribution in [2.75, 3.05) is 18.4 Å². The highest BCUT2D eigenvalue weighted by Crippen LogP contribution is 2.24. The van der Waals surface area contributed by atoms with Gasteiger partial charge >= 0.3 is 6.03 Å². The SMILES string of the molecule is Cc1onc(NC(=O)N2CCC(CCc3ccc(F)cc3F)CC2)c1C. The highest BCUT2D eigenvalue weighted by molar-refractivity contribution is 5.89. The van der Waals surface area contributed by atoms with Gasteiger partial charge in [0.15, 0.2) is 5.82 Å². The Bertz CT molecular complexity index is 783. The summed E-state index contributed by atoms with van der Waals surface area (Å²) in [5.41, 5.74) is 1.37. The molecule has 0 unspecified atom stereocenters. The van der Waals surface area contributed by atoms with Crippen molar-refractivity contribution >= 4 is 11.8 Å². The van der Waals surface area contributed by atoms with Gasteiger partial charge in [0, 0.05) is 24.7 Å². The summed E-state index contributed by atoms with van der Waals surface area (Å²) in [4.78, 5) is 14.1. The van der Waals surface area contributed by atoms with Crippen LogP contribution in [0.25, 0.3) is 0 Å². The summed E-state index contributed by atoms with van der Waals surface area (Å²) in [5, 5.41) is 6.63. The normalized spacial score (nSPS) is 15.3. The lowest BCUT2D eigenvalue weighted by Gasteiger charge is -2.31. The van der Waals surface area contributed by atoms with E-state index in [1.54, 1.807) is 11.8 Å². The molecule has 1 aromatic heterocycles. The molecule has 0 spiro atoms. The van der Waals surface area contributed by atoms with Crippen molar-refractivity contribution in [3.8, 4) is 0 Å². The number of aryl methyl sites for hydroxylation is 2. The predicted octanol–water partition coefficient (Wildman–Crippen LogP) is 4.45. The molecule has 0 bridgehead atoms. The second-order valence-electron chi connectivity index (χ2n) is 6.85. The summed E-state index contributed by atoms with van der Waals surface area (Å²) in [7, 11) is 0. The first-order valence-corrected chi connectivity index (χ1v) is 8.86. The number of halogens is 2. The lowest BCUT2D eigenvalue weighted by molar-refractivity contribution is 0.179. The Kier molecular flexibility index (Phi) is 5.54. The van der Waals surface area contributed by atoms with Crippen LogP contribution in [0.2, 0.25) is 0 Å². The molecule has 5 nitrogen and oxygen atoms in total. The van der Waals surface area contributed by atoms with E-state index in [-0.39, 0.29) is 6.03 Å². The van der Waals surface area contributed by atoms with E-state index in [2.05, 4.69) is 10.5 Å². The van der Waals surface area contributed by atoms with E-state index in [9.17, 15) is 13.6 Å². The summed E-state index contributed by atoms with van der Waals surface area (Å²) >= 11 is 0. The number of benzene rings is 1. The molecule has 0 saturated carbocycles. The summed E-state index contributed by atoms with van der Waals surface area (Å²) in [6, 6.07) is 3.55. The third-order valence-corrected chi connectivity index (χ3v) is 5.12. The Morgan fingerprint density at radius 1 is 1.31 bits per heavy atom. The number of likely N-dealkylation sites (tertiary alicyclic amines) is 1. The number of carbonyl (C=O) groups excluding carboxylic acids is 1. The van der Waals surface area contributed by atoms with Gasteiger partial charge in [0.1, 0.15) is 17.4 Å². The fourth-order valence-corrected chi connectivity index (χ4v) is 3.22. The number of rotatable bonds is 4. The molecular formula is C19H23F2N3O2. The Labute approximate surface area is 151 Å². The number of hydrogen-bond acceptors (Lipinski definition) is 3. The maximum atomic E-state index is 13.7. The van der Waals surface area contributed by atoms with E-state index in [1.165, 1.54) is 12.1 Å². The Morgan fingerprint density at radius 3 is 2.65 bits per heavy atom. The number of urea groups is 1. The van der Waals surface area contributed by atoms with E-state index >= 15 is 0 Å². The largest absolute Gasteiger partial charge is 0.359 e. The maximum absolute atomic E-state index is 13.7. The molecule has 1 fully saturated rings. The molecule has 2 aromatic rings. The fourth-order valence-electron chi connectivity index (χ4n) is 3.22. The number of aromatic nitrogens is 1. The number of nitrogens with zero attached hydrogens (tertiary/aromatic N) is 2. The highest BCUT2D eigenvalue weighted by atomic mass is 19.1. The van der Waals surface area contributed by atoms with E-state index in [0.29, 0.717) is 42.6 Å². The smallest absolute Gasteiger partial charge is 0.323 e. The predicted molar refractivity (Wildman–Crippen MR) is 94.0 cm³/mol. The van der Waals surface area contributed by atoms with E-state index in [4.69, 9.17) is 4.52 Å². The van der Waals surface area contributed by atoms with Crippen LogP contribution in [-0.4, -0.2) is 29.2 Å². The molecule has 0 aliphatic carbocycles. The third-order valence-electron chi connectivity index (χ3n) is 5.12. The molecule has 7 heteroatoms. The third kappa shape index (κ3) is 4.20. The topological polar surface area (TPSA) is 58.4 Å². The van der Waals surface area contributed by atoms with Gasteiger partial charge in [-0.15, -0.1) is 0 Å². The van der Waals surface area contributed by atoms with Crippen molar-refractivity contribution in [1.29, 1.82) is 0 Å². The second-order valence-corrected chi connectivity index (χ2v) is 6.85. The first-order valence-electron chi connectivity index (χ1n) is 8.86. The molecule has 2 amide bonds. The molecule has 1 aliphatic heterocycles. The molecule has 0 atom stereocenters. The lowest BCUT2D eigenvalue weighted by Crippen LogP contribution is -2.41. The average molecular weight is 363 g/mol. The number of amides is 2. The van der Waals surface area contributed by atoms with Crippen molar-refractivity contribution in [3.63, 3.8) is 0 Å². The quantitative estimate of drug-likeness (QED) is 0.873. The van der Waals surface area contributed by atoms with Crippen LogP contribution in [0.1, 0.15) is 36.1 Å². The molecule has 0 radical (unpaired) electrons. The number of nitrogens with one attached hydrogen (secondary N) is 1. The zero-order chi connectivity index (χ0) is 18.7. The summed E-state index contributed by atoms with van der Waals surface area (Å²) in [6.45, 7) is 4.95. The van der Waals surface area contributed by atoms with Crippen molar-refractivity contribution in [3.05, 3.63) is 46.7 Å². The monoisotopic (exact) mass is 363 g/mol. The second kappa shape index (κ2) is 7.85. The fraction of sp³-hybridized carbons (Fsp3) is 0.474. The highest BCUT2D eigenvalue weighted by Gasteiger charge is 2.24. The number of anilines is 1. The summed E-state index contributed by atoms with van der Waals surface area (Å²) in [5.74, 6) is 0.538. The molecule has 1 N–H and O–H groups in total. The zero-order valence-electron chi connectivity index (χ0n) is 15.0. The minimum Gasteiger partial charge on any atom is -0.359 e. The van der Waals surface area contributed by atoms with Crippen molar-refractivity contribution in [2.45, 2.75) is 39.5 Å². The van der Waals surface area contributed by atoms with Gasteiger partial charge in [0.05, 0.1) is 0 Å². The van der Waals surface area contributed by atoms with E-state index < -0.39 is 11.6 Å². The van der Waals surface area contributed by atoms with Crippen LogP contribution in [0.5, 0.6) is 0 Å². The van der Waals surface area contributed by atoms with Crippen LogP contribution in [0, 0.1) is 31.4 Å². The van der Waals surface area contributed by atoms with Crippen LogP contribution in [0.3, 0.4) is 0 Å². The van der Waals surface area contributed by atoms with Crippen molar-refractivity contribution in [2.24, 2.45) is 5.92 Å². The maximum Gasteiger partial charge on any atom is 0.323 e. The van der Waals surface area contributed by atoms with Crippen LogP contribution < -0.4 is 5.32 Å². The molecular weight excluding hydrogens is 340 g/mol. The Balaban J connectivity index is 1.46. The molecule has 1 saturated heterocycles. The van der Waals surface area contributed by atoms with Gasteiger partial charge in [0.25, 0.3) is 0 Å². The van der Waals surface area contributed by atoms with Crippen molar-refractivity contribution in [1.82, 2.24) is 10.1 Å². The standard InChI is InChI=1S/C19H23F2N3O2/c1-12-13(2)26-23-18(12)22-19(25)24-9-7-14(8-10-24)3-4-15-5-6-16(20)11-17(15)21/h5-6,11,14H,3-4,7-10H2,1-2H3,(H,22,23,25). The zero-order valence-corrected chi connectivity index (χ0v) is 15.0. The number of hydrogen-bond donors (Lipinski definition) is 1. The van der Waals surface area contributed by atoms with Gasteiger partial charge in [0.2, 0.25) is 0 Å². The summed E-state index contributed by atoms with van der Waals surface area (Å²) in [6.07, 6.45) is 3.15.